The van der Waals surface area contributed by atoms with Crippen LogP contribution in [0.5, 0.6) is 0 Å². The zero-order valence-electron chi connectivity index (χ0n) is 12.9. The molecule has 6 heteroatoms. The van der Waals surface area contributed by atoms with E-state index in [9.17, 15) is 9.90 Å². The Morgan fingerprint density at radius 3 is 2.64 bits per heavy atom. The van der Waals surface area contributed by atoms with Gasteiger partial charge in [0.2, 0.25) is 0 Å². The highest BCUT2D eigenvalue weighted by Crippen LogP contribution is 2.32. The van der Waals surface area contributed by atoms with Gasteiger partial charge >= 0.3 is 5.97 Å². The Hall–Kier alpha value is -1.79. The molecule has 22 heavy (non-hydrogen) atoms. The summed E-state index contributed by atoms with van der Waals surface area (Å²) in [6, 6.07) is 7.44. The number of aliphatic carboxylic acids is 1. The molecule has 0 amide bonds. The first-order valence-corrected chi connectivity index (χ1v) is 8.04. The summed E-state index contributed by atoms with van der Waals surface area (Å²) < 4.78 is 5.04. The van der Waals surface area contributed by atoms with Gasteiger partial charge in [-0.15, -0.1) is 0 Å². The molecular weight excluding hydrogens is 300 g/mol. The van der Waals surface area contributed by atoms with E-state index in [-0.39, 0.29) is 5.57 Å². The minimum absolute atomic E-state index is 0.283. The lowest BCUT2D eigenvalue weighted by molar-refractivity contribution is -0.133. The van der Waals surface area contributed by atoms with Gasteiger partial charge in [0.05, 0.1) is 11.5 Å². The Morgan fingerprint density at radius 2 is 2.09 bits per heavy atom. The summed E-state index contributed by atoms with van der Waals surface area (Å²) in [5, 5.41) is 13.2. The fourth-order valence-electron chi connectivity index (χ4n) is 2.29. The van der Waals surface area contributed by atoms with Crippen LogP contribution in [0.25, 0.3) is 0 Å². The minimum atomic E-state index is -0.950. The lowest BCUT2D eigenvalue weighted by atomic mass is 9.95. The number of aliphatic imine (C=N–C) groups is 1. The molecule has 2 N–H and O–H groups in total. The number of carboxylic acid groups (broad SMARTS) is 1. The number of carboxylic acids is 1. The monoisotopic (exact) mass is 320 g/mol. The number of nitrogens with zero attached hydrogens (tertiary/aromatic N) is 1. The van der Waals surface area contributed by atoms with Crippen LogP contribution in [-0.4, -0.2) is 29.3 Å². The fraction of sp³-hybridized carbons (Fsp3) is 0.375. The molecule has 1 aliphatic rings. The third kappa shape index (κ3) is 3.69. The highest BCUT2D eigenvalue weighted by molar-refractivity contribution is 8.13. The number of ether oxygens (including phenoxy) is 1. The molecule has 1 unspecified atom stereocenters. The molecule has 5 nitrogen and oxygen atoms in total. The molecule has 0 bridgehead atoms. The van der Waals surface area contributed by atoms with Crippen LogP contribution in [0, 0.1) is 0 Å². The molecule has 0 saturated heterocycles. The van der Waals surface area contributed by atoms with Gasteiger partial charge in [-0.05, 0) is 24.5 Å². The van der Waals surface area contributed by atoms with Crippen LogP contribution in [0.3, 0.4) is 0 Å². The largest absolute Gasteiger partial charge is 0.478 e. The Morgan fingerprint density at radius 1 is 1.41 bits per heavy atom. The number of hydrogen-bond acceptors (Lipinski definition) is 5. The molecule has 0 spiro atoms. The average molecular weight is 320 g/mol. The van der Waals surface area contributed by atoms with E-state index in [1.807, 2.05) is 24.3 Å². The number of methoxy groups -OCH3 is 1. The lowest BCUT2D eigenvalue weighted by Gasteiger charge is -2.24. The number of allylic oxidation sites excluding steroid dienone is 1. The van der Waals surface area contributed by atoms with E-state index < -0.39 is 12.0 Å². The van der Waals surface area contributed by atoms with Gasteiger partial charge in [0.15, 0.2) is 5.17 Å². The summed E-state index contributed by atoms with van der Waals surface area (Å²) in [6.07, 6.45) is 0.950. The second-order valence-corrected chi connectivity index (χ2v) is 5.86. The predicted octanol–water partition coefficient (Wildman–Crippen LogP) is 2.95. The van der Waals surface area contributed by atoms with Crippen molar-refractivity contribution in [3.05, 3.63) is 46.7 Å². The first-order chi connectivity index (χ1) is 10.6. The van der Waals surface area contributed by atoms with Crippen LogP contribution in [-0.2, 0) is 16.0 Å². The zero-order chi connectivity index (χ0) is 16.1. The molecule has 2 rings (SSSR count). The lowest BCUT2D eigenvalue weighted by Crippen LogP contribution is -2.30. The number of thioether (sulfide) groups is 1. The minimum Gasteiger partial charge on any atom is -0.478 e. The van der Waals surface area contributed by atoms with E-state index in [2.05, 4.69) is 17.2 Å². The topological polar surface area (TPSA) is 70.9 Å². The molecule has 0 radical (unpaired) electrons. The third-order valence-corrected chi connectivity index (χ3v) is 4.30. The maximum Gasteiger partial charge on any atom is 0.335 e. The van der Waals surface area contributed by atoms with Gasteiger partial charge in [-0.2, -0.15) is 0 Å². The van der Waals surface area contributed by atoms with E-state index in [4.69, 9.17) is 4.74 Å². The van der Waals surface area contributed by atoms with E-state index in [1.54, 1.807) is 14.0 Å². The molecule has 0 fully saturated rings. The van der Waals surface area contributed by atoms with Crippen molar-refractivity contribution in [1.29, 1.82) is 0 Å². The number of hydrogen-bond donors (Lipinski definition) is 2. The molecule has 1 heterocycles. The summed E-state index contributed by atoms with van der Waals surface area (Å²) >= 11 is 1.41. The first-order valence-electron chi connectivity index (χ1n) is 7.06. The van der Waals surface area contributed by atoms with Crippen molar-refractivity contribution in [3.8, 4) is 0 Å². The number of amidine groups is 1. The summed E-state index contributed by atoms with van der Waals surface area (Å²) in [5.74, 6) is -0.489. The van der Waals surface area contributed by atoms with E-state index in [1.165, 1.54) is 17.3 Å². The van der Waals surface area contributed by atoms with Crippen LogP contribution in [0.1, 0.15) is 31.0 Å². The van der Waals surface area contributed by atoms with Crippen molar-refractivity contribution >= 4 is 22.9 Å². The molecule has 0 saturated carbocycles. The summed E-state index contributed by atoms with van der Waals surface area (Å²) in [7, 11) is 1.61. The molecule has 118 valence electrons. The molecule has 0 aliphatic carbocycles. The average Bonchev–Trinajstić information content (AvgIpc) is 2.52. The molecule has 1 aromatic carbocycles. The van der Waals surface area contributed by atoms with Crippen molar-refractivity contribution in [3.63, 3.8) is 0 Å². The highest BCUT2D eigenvalue weighted by atomic mass is 32.2. The number of benzene rings is 1. The van der Waals surface area contributed by atoms with Crippen LogP contribution in [0.4, 0.5) is 0 Å². The predicted molar refractivity (Wildman–Crippen MR) is 88.9 cm³/mol. The van der Waals surface area contributed by atoms with Crippen molar-refractivity contribution in [2.75, 3.05) is 13.0 Å². The molecule has 0 aromatic heterocycles. The third-order valence-electron chi connectivity index (χ3n) is 3.47. The van der Waals surface area contributed by atoms with Gasteiger partial charge in [-0.1, -0.05) is 43.0 Å². The number of carbonyl (C=O) groups is 1. The fourth-order valence-corrected chi connectivity index (χ4v) is 2.92. The summed E-state index contributed by atoms with van der Waals surface area (Å²) in [6.45, 7) is 3.85. The molecule has 1 aliphatic heterocycles. The quantitative estimate of drug-likeness (QED) is 0.816. The van der Waals surface area contributed by atoms with E-state index in [0.717, 1.165) is 12.0 Å². The Labute approximate surface area is 134 Å². The van der Waals surface area contributed by atoms with Gasteiger partial charge in [-0.3, -0.25) is 0 Å². The molecule has 1 atom stereocenters. The van der Waals surface area contributed by atoms with Gasteiger partial charge in [0.25, 0.3) is 0 Å². The standard InChI is InChI=1S/C16H20N2O3S/c1-4-11-5-7-12(8-6-11)14-13(15(19)20)10(2)17-16(18-14)22-9-21-3/h5-8,14H,4,9H2,1-3H3,(H,17,18)(H,19,20). The molecule has 1 aromatic rings. The van der Waals surface area contributed by atoms with Crippen molar-refractivity contribution in [2.45, 2.75) is 26.3 Å². The highest BCUT2D eigenvalue weighted by Gasteiger charge is 2.29. The second kappa shape index (κ2) is 7.47. The zero-order valence-corrected chi connectivity index (χ0v) is 13.7. The Kier molecular flexibility index (Phi) is 5.63. The number of nitrogens with one attached hydrogen (secondary N) is 1. The smallest absolute Gasteiger partial charge is 0.335 e. The van der Waals surface area contributed by atoms with Gasteiger partial charge in [0.1, 0.15) is 6.04 Å². The Bertz CT molecular complexity index is 608. The number of aryl methyl sites for hydroxylation is 1. The van der Waals surface area contributed by atoms with E-state index in [0.29, 0.717) is 16.8 Å². The van der Waals surface area contributed by atoms with Crippen LogP contribution in [0.2, 0.25) is 0 Å². The first kappa shape index (κ1) is 16.6. The van der Waals surface area contributed by atoms with Gasteiger partial charge in [0, 0.05) is 12.8 Å². The number of rotatable bonds is 5. The SMILES string of the molecule is CCc1ccc(C2N=C(SCOC)NC(C)=C2C(=O)O)cc1. The van der Waals surface area contributed by atoms with Crippen molar-refractivity contribution < 1.29 is 14.6 Å². The maximum atomic E-state index is 11.6. The second-order valence-electron chi connectivity index (χ2n) is 4.95. The van der Waals surface area contributed by atoms with Crippen LogP contribution < -0.4 is 5.32 Å². The normalized spacial score (nSPS) is 18.0. The van der Waals surface area contributed by atoms with Crippen molar-refractivity contribution in [2.24, 2.45) is 4.99 Å². The Balaban J connectivity index is 2.37. The van der Waals surface area contributed by atoms with Gasteiger partial charge < -0.3 is 15.2 Å². The maximum absolute atomic E-state index is 11.6. The van der Waals surface area contributed by atoms with E-state index >= 15 is 0 Å². The summed E-state index contributed by atoms with van der Waals surface area (Å²) in [4.78, 5) is 16.1. The van der Waals surface area contributed by atoms with Crippen molar-refractivity contribution in [1.82, 2.24) is 5.32 Å². The molecular formula is C16H20N2O3S. The summed E-state index contributed by atoms with van der Waals surface area (Å²) in [5.41, 5.74) is 3.00. The van der Waals surface area contributed by atoms with Gasteiger partial charge in [-0.25, -0.2) is 9.79 Å². The van der Waals surface area contributed by atoms with Crippen LogP contribution in [0.15, 0.2) is 40.5 Å². The van der Waals surface area contributed by atoms with Crippen LogP contribution >= 0.6 is 11.8 Å².